The predicted octanol–water partition coefficient (Wildman–Crippen LogP) is 3.44. The Morgan fingerprint density at radius 2 is 1.95 bits per heavy atom. The van der Waals surface area contributed by atoms with Crippen LogP contribution in [-0.2, 0) is 0 Å². The van der Waals surface area contributed by atoms with Gasteiger partial charge in [0.1, 0.15) is 0 Å². The molecule has 1 aromatic carbocycles. The maximum absolute atomic E-state index is 3.81. The van der Waals surface area contributed by atoms with Gasteiger partial charge in [-0.25, -0.2) is 0 Å². The number of rotatable bonds is 4. The third kappa shape index (κ3) is 4.05. The monoisotopic (exact) mass is 260 g/mol. The number of piperidine rings is 1. The molecule has 2 unspecified atom stereocenters. The van der Waals surface area contributed by atoms with Crippen LogP contribution < -0.4 is 5.32 Å². The molecule has 1 heterocycles. The van der Waals surface area contributed by atoms with E-state index in [9.17, 15) is 0 Å². The van der Waals surface area contributed by atoms with Crippen molar-refractivity contribution < 1.29 is 0 Å². The third-order valence-electron chi connectivity index (χ3n) is 4.18. The molecular weight excluding hydrogens is 232 g/mol. The van der Waals surface area contributed by atoms with Gasteiger partial charge in [0.15, 0.2) is 0 Å². The summed E-state index contributed by atoms with van der Waals surface area (Å²) < 4.78 is 0. The normalized spacial score (nSPS) is 22.4. The van der Waals surface area contributed by atoms with Crippen LogP contribution in [0.2, 0.25) is 0 Å². The summed E-state index contributed by atoms with van der Waals surface area (Å²) in [6, 6.07) is 7.95. The molecule has 0 amide bonds. The number of aryl methyl sites for hydroxylation is 2. The molecule has 0 spiro atoms. The average Bonchev–Trinajstić information content (AvgIpc) is 2.37. The lowest BCUT2D eigenvalue weighted by atomic mass is 9.99. The number of hydrogen-bond acceptors (Lipinski definition) is 2. The van der Waals surface area contributed by atoms with Gasteiger partial charge in [-0.1, -0.05) is 36.2 Å². The molecule has 2 nitrogen and oxygen atoms in total. The smallest absolute Gasteiger partial charge is 0.0295 e. The van der Waals surface area contributed by atoms with Gasteiger partial charge < -0.3 is 10.2 Å². The van der Waals surface area contributed by atoms with Crippen LogP contribution in [0.4, 0.5) is 0 Å². The maximum Gasteiger partial charge on any atom is 0.0295 e. The minimum Gasteiger partial charge on any atom is -0.306 e. The minimum absolute atomic E-state index is 0.445. The van der Waals surface area contributed by atoms with E-state index in [1.54, 1.807) is 0 Å². The highest BCUT2D eigenvalue weighted by molar-refractivity contribution is 5.30. The van der Waals surface area contributed by atoms with E-state index in [-0.39, 0.29) is 0 Å². The lowest BCUT2D eigenvalue weighted by Crippen LogP contribution is -2.46. The van der Waals surface area contributed by atoms with Crippen molar-refractivity contribution >= 4 is 0 Å². The summed E-state index contributed by atoms with van der Waals surface area (Å²) in [4.78, 5) is 2.55. The Hall–Kier alpha value is -0.860. The standard InChI is InChI=1S/C17H28N2/c1-5-19-8-6-7-17(12-19)18-15(4)16-10-13(2)9-14(3)11-16/h9-11,15,17-18H,5-8,12H2,1-4H3. The van der Waals surface area contributed by atoms with E-state index in [4.69, 9.17) is 0 Å². The predicted molar refractivity (Wildman–Crippen MR) is 82.6 cm³/mol. The van der Waals surface area contributed by atoms with Crippen molar-refractivity contribution in [3.8, 4) is 0 Å². The van der Waals surface area contributed by atoms with Crippen LogP contribution in [0.15, 0.2) is 18.2 Å². The van der Waals surface area contributed by atoms with Gasteiger partial charge in [0.2, 0.25) is 0 Å². The first-order chi connectivity index (χ1) is 9.08. The van der Waals surface area contributed by atoms with Crippen molar-refractivity contribution in [1.82, 2.24) is 10.2 Å². The van der Waals surface area contributed by atoms with Gasteiger partial charge in [0, 0.05) is 18.6 Å². The van der Waals surface area contributed by atoms with Crippen LogP contribution in [0, 0.1) is 13.8 Å². The molecule has 2 atom stereocenters. The molecule has 2 rings (SSSR count). The summed E-state index contributed by atoms with van der Waals surface area (Å²) in [5.41, 5.74) is 4.15. The highest BCUT2D eigenvalue weighted by Crippen LogP contribution is 2.19. The summed E-state index contributed by atoms with van der Waals surface area (Å²) in [5.74, 6) is 0. The topological polar surface area (TPSA) is 15.3 Å². The summed E-state index contributed by atoms with van der Waals surface area (Å²) in [5, 5.41) is 3.81. The highest BCUT2D eigenvalue weighted by atomic mass is 15.2. The largest absolute Gasteiger partial charge is 0.306 e. The van der Waals surface area contributed by atoms with Gasteiger partial charge in [-0.3, -0.25) is 0 Å². The highest BCUT2D eigenvalue weighted by Gasteiger charge is 2.20. The Bertz CT molecular complexity index is 393. The van der Waals surface area contributed by atoms with E-state index in [0.717, 1.165) is 0 Å². The van der Waals surface area contributed by atoms with E-state index in [0.29, 0.717) is 12.1 Å². The van der Waals surface area contributed by atoms with Crippen LogP contribution in [0.25, 0.3) is 0 Å². The van der Waals surface area contributed by atoms with Crippen molar-refractivity contribution in [1.29, 1.82) is 0 Å². The molecule has 1 aliphatic heterocycles. The Labute approximate surface area is 118 Å². The van der Waals surface area contributed by atoms with E-state index in [2.05, 4.69) is 56.1 Å². The van der Waals surface area contributed by atoms with Crippen molar-refractivity contribution in [2.24, 2.45) is 0 Å². The number of likely N-dealkylation sites (N-methyl/N-ethyl adjacent to an activating group) is 1. The van der Waals surface area contributed by atoms with E-state index in [1.165, 1.54) is 49.2 Å². The Morgan fingerprint density at radius 1 is 1.26 bits per heavy atom. The van der Waals surface area contributed by atoms with Gasteiger partial charge in [-0.2, -0.15) is 0 Å². The van der Waals surface area contributed by atoms with Crippen LogP contribution in [0.5, 0.6) is 0 Å². The van der Waals surface area contributed by atoms with Crippen LogP contribution in [0.3, 0.4) is 0 Å². The summed E-state index contributed by atoms with van der Waals surface area (Å²) in [6.07, 6.45) is 2.64. The molecular formula is C17H28N2. The molecule has 0 aromatic heterocycles. The molecule has 1 saturated heterocycles. The van der Waals surface area contributed by atoms with Crippen LogP contribution in [-0.4, -0.2) is 30.6 Å². The first-order valence-corrected chi connectivity index (χ1v) is 7.65. The first kappa shape index (κ1) is 14.5. The molecule has 0 saturated carbocycles. The van der Waals surface area contributed by atoms with Gasteiger partial charge in [0.05, 0.1) is 0 Å². The number of benzene rings is 1. The first-order valence-electron chi connectivity index (χ1n) is 7.65. The summed E-state index contributed by atoms with van der Waals surface area (Å²) >= 11 is 0. The van der Waals surface area contributed by atoms with Gasteiger partial charge in [-0.05, 0) is 52.3 Å². The molecule has 0 radical (unpaired) electrons. The lowest BCUT2D eigenvalue weighted by Gasteiger charge is -2.34. The second kappa shape index (κ2) is 6.53. The van der Waals surface area contributed by atoms with Crippen molar-refractivity contribution in [2.75, 3.05) is 19.6 Å². The number of likely N-dealkylation sites (tertiary alicyclic amines) is 1. The Kier molecular flexibility index (Phi) is 5.00. The molecule has 2 heteroatoms. The van der Waals surface area contributed by atoms with E-state index in [1.807, 2.05) is 0 Å². The molecule has 1 aliphatic rings. The molecule has 0 bridgehead atoms. The molecule has 106 valence electrons. The fourth-order valence-corrected chi connectivity index (χ4v) is 3.19. The molecule has 1 N–H and O–H groups in total. The van der Waals surface area contributed by atoms with Crippen molar-refractivity contribution in [3.05, 3.63) is 34.9 Å². The second-order valence-corrected chi connectivity index (χ2v) is 6.04. The third-order valence-corrected chi connectivity index (χ3v) is 4.18. The zero-order valence-corrected chi connectivity index (χ0v) is 12.9. The lowest BCUT2D eigenvalue weighted by molar-refractivity contribution is 0.192. The molecule has 0 aliphatic carbocycles. The maximum atomic E-state index is 3.81. The summed E-state index contributed by atoms with van der Waals surface area (Å²) in [6.45, 7) is 12.6. The zero-order valence-electron chi connectivity index (χ0n) is 12.9. The second-order valence-electron chi connectivity index (χ2n) is 6.04. The fraction of sp³-hybridized carbons (Fsp3) is 0.647. The minimum atomic E-state index is 0.445. The molecule has 1 fully saturated rings. The van der Waals surface area contributed by atoms with Gasteiger partial charge >= 0.3 is 0 Å². The van der Waals surface area contributed by atoms with Crippen molar-refractivity contribution in [2.45, 2.75) is 52.6 Å². The quantitative estimate of drug-likeness (QED) is 0.892. The Morgan fingerprint density at radius 3 is 2.58 bits per heavy atom. The number of nitrogens with one attached hydrogen (secondary N) is 1. The number of nitrogens with zero attached hydrogens (tertiary/aromatic N) is 1. The van der Waals surface area contributed by atoms with Crippen LogP contribution >= 0.6 is 0 Å². The SMILES string of the molecule is CCN1CCCC(NC(C)c2cc(C)cc(C)c2)C1. The van der Waals surface area contributed by atoms with E-state index < -0.39 is 0 Å². The molecule has 1 aromatic rings. The fourth-order valence-electron chi connectivity index (χ4n) is 3.19. The van der Waals surface area contributed by atoms with E-state index >= 15 is 0 Å². The number of hydrogen-bond donors (Lipinski definition) is 1. The summed E-state index contributed by atoms with van der Waals surface area (Å²) in [7, 11) is 0. The Balaban J connectivity index is 1.98. The average molecular weight is 260 g/mol. The van der Waals surface area contributed by atoms with Gasteiger partial charge in [0.25, 0.3) is 0 Å². The zero-order chi connectivity index (χ0) is 13.8. The van der Waals surface area contributed by atoms with Gasteiger partial charge in [-0.15, -0.1) is 0 Å². The molecule has 19 heavy (non-hydrogen) atoms. The van der Waals surface area contributed by atoms with Crippen LogP contribution in [0.1, 0.15) is 49.4 Å². The van der Waals surface area contributed by atoms with Crippen molar-refractivity contribution in [3.63, 3.8) is 0 Å².